The zero-order chi connectivity index (χ0) is 14.5. The first-order valence-electron chi connectivity index (χ1n) is 7.21. The number of halogens is 1. The fourth-order valence-electron chi connectivity index (χ4n) is 2.88. The number of hydrogen-bond donors (Lipinski definition) is 2. The summed E-state index contributed by atoms with van der Waals surface area (Å²) in [5, 5.41) is 8.62. The summed E-state index contributed by atoms with van der Waals surface area (Å²) in [6.07, 6.45) is 4.35. The number of carbonyl (C=O) groups is 1. The Morgan fingerprint density at radius 1 is 1.45 bits per heavy atom. The van der Waals surface area contributed by atoms with Crippen molar-refractivity contribution in [3.63, 3.8) is 0 Å². The lowest BCUT2D eigenvalue weighted by molar-refractivity contribution is -0.126. The van der Waals surface area contributed by atoms with E-state index in [4.69, 9.17) is 17.3 Å². The molecule has 110 valence electrons. The monoisotopic (exact) mass is 296 g/mol. The standard InChI is InChI=1S/C14H21ClN4O/c1-8-12(15)9(2)19(18-8)7-14(13(16)20,10-3-4-10)17-11-5-6-11/h10-11,17H,3-7H2,1-2H3,(H2,16,20). The lowest BCUT2D eigenvalue weighted by Crippen LogP contribution is -2.60. The molecule has 0 aliphatic heterocycles. The summed E-state index contributed by atoms with van der Waals surface area (Å²) < 4.78 is 1.83. The highest BCUT2D eigenvalue weighted by Crippen LogP contribution is 2.42. The third-order valence-electron chi connectivity index (χ3n) is 4.45. The van der Waals surface area contributed by atoms with Crippen LogP contribution < -0.4 is 11.1 Å². The number of aryl methyl sites for hydroxylation is 1. The Morgan fingerprint density at radius 3 is 2.50 bits per heavy atom. The van der Waals surface area contributed by atoms with Crippen LogP contribution in [0.3, 0.4) is 0 Å². The smallest absolute Gasteiger partial charge is 0.239 e. The van der Waals surface area contributed by atoms with Gasteiger partial charge in [-0.25, -0.2) is 0 Å². The molecule has 0 radical (unpaired) electrons. The Hall–Kier alpha value is -1.07. The van der Waals surface area contributed by atoms with Gasteiger partial charge in [0.2, 0.25) is 5.91 Å². The van der Waals surface area contributed by atoms with E-state index >= 15 is 0 Å². The highest BCUT2D eigenvalue weighted by atomic mass is 35.5. The lowest BCUT2D eigenvalue weighted by atomic mass is 9.91. The maximum absolute atomic E-state index is 12.2. The van der Waals surface area contributed by atoms with Gasteiger partial charge in [-0.2, -0.15) is 5.10 Å². The van der Waals surface area contributed by atoms with E-state index in [-0.39, 0.29) is 5.91 Å². The fraction of sp³-hybridized carbons (Fsp3) is 0.714. The molecule has 1 heterocycles. The molecular weight excluding hydrogens is 276 g/mol. The minimum Gasteiger partial charge on any atom is -0.368 e. The number of hydrogen-bond acceptors (Lipinski definition) is 3. The molecule has 1 aromatic heterocycles. The van der Waals surface area contributed by atoms with Crippen LogP contribution in [0.5, 0.6) is 0 Å². The minimum absolute atomic E-state index is 0.268. The van der Waals surface area contributed by atoms with Crippen molar-refractivity contribution in [2.75, 3.05) is 0 Å². The summed E-state index contributed by atoms with van der Waals surface area (Å²) >= 11 is 6.20. The van der Waals surface area contributed by atoms with Crippen molar-refractivity contribution in [2.45, 2.75) is 57.7 Å². The summed E-state index contributed by atoms with van der Waals surface area (Å²) in [5.74, 6) is 0.0545. The maximum Gasteiger partial charge on any atom is 0.239 e. The third-order valence-corrected chi connectivity index (χ3v) is 4.99. The number of nitrogens with two attached hydrogens (primary N) is 1. The highest BCUT2D eigenvalue weighted by molar-refractivity contribution is 6.31. The van der Waals surface area contributed by atoms with Gasteiger partial charge >= 0.3 is 0 Å². The number of primary amides is 1. The number of amides is 1. The zero-order valence-electron chi connectivity index (χ0n) is 11.9. The molecule has 2 aliphatic carbocycles. The molecule has 2 saturated carbocycles. The predicted molar refractivity (Wildman–Crippen MR) is 77.5 cm³/mol. The van der Waals surface area contributed by atoms with Crippen LogP contribution in [0.25, 0.3) is 0 Å². The van der Waals surface area contributed by atoms with E-state index < -0.39 is 5.54 Å². The zero-order valence-corrected chi connectivity index (χ0v) is 12.7. The van der Waals surface area contributed by atoms with E-state index in [1.165, 1.54) is 0 Å². The van der Waals surface area contributed by atoms with Crippen molar-refractivity contribution in [3.8, 4) is 0 Å². The Bertz CT molecular complexity index is 548. The van der Waals surface area contributed by atoms with Crippen LogP contribution in [-0.2, 0) is 11.3 Å². The number of nitrogens with zero attached hydrogens (tertiary/aromatic N) is 2. The van der Waals surface area contributed by atoms with E-state index in [0.717, 1.165) is 37.1 Å². The Kier molecular flexibility index (Phi) is 3.29. The molecule has 1 atom stereocenters. The van der Waals surface area contributed by atoms with Crippen LogP contribution >= 0.6 is 11.6 Å². The van der Waals surface area contributed by atoms with Gasteiger partial charge < -0.3 is 5.73 Å². The molecule has 6 heteroatoms. The first-order valence-corrected chi connectivity index (χ1v) is 7.59. The molecule has 0 spiro atoms. The van der Waals surface area contributed by atoms with Gasteiger partial charge in [-0.3, -0.25) is 14.8 Å². The second kappa shape index (κ2) is 4.74. The van der Waals surface area contributed by atoms with Crippen molar-refractivity contribution in [3.05, 3.63) is 16.4 Å². The molecule has 1 unspecified atom stereocenters. The third kappa shape index (κ3) is 2.33. The first kappa shape index (κ1) is 13.9. The number of nitrogens with one attached hydrogen (secondary N) is 1. The Balaban J connectivity index is 1.92. The average Bonchev–Trinajstić information content (AvgIpc) is 3.26. The van der Waals surface area contributed by atoms with Crippen molar-refractivity contribution in [2.24, 2.45) is 11.7 Å². The summed E-state index contributed by atoms with van der Waals surface area (Å²) in [6, 6.07) is 0.426. The predicted octanol–water partition coefficient (Wildman–Crippen LogP) is 1.54. The molecule has 0 aromatic carbocycles. The van der Waals surface area contributed by atoms with E-state index in [0.29, 0.717) is 23.5 Å². The molecule has 1 aromatic rings. The van der Waals surface area contributed by atoms with Crippen LogP contribution in [0.15, 0.2) is 0 Å². The molecule has 2 aliphatic rings. The van der Waals surface area contributed by atoms with Gasteiger partial charge in [0, 0.05) is 6.04 Å². The van der Waals surface area contributed by atoms with E-state index in [1.807, 2.05) is 18.5 Å². The van der Waals surface area contributed by atoms with E-state index in [1.54, 1.807) is 0 Å². The lowest BCUT2D eigenvalue weighted by Gasteiger charge is -2.32. The van der Waals surface area contributed by atoms with Gasteiger partial charge in [0.05, 0.1) is 23.0 Å². The molecule has 0 saturated heterocycles. The molecule has 0 bridgehead atoms. The number of carbonyl (C=O) groups excluding carboxylic acids is 1. The summed E-state index contributed by atoms with van der Waals surface area (Å²) in [4.78, 5) is 12.2. The molecular formula is C14H21ClN4O. The van der Waals surface area contributed by atoms with Gasteiger partial charge in [-0.1, -0.05) is 11.6 Å². The van der Waals surface area contributed by atoms with Crippen LogP contribution in [0.1, 0.15) is 37.1 Å². The summed E-state index contributed by atoms with van der Waals surface area (Å²) in [6.45, 7) is 4.28. The highest BCUT2D eigenvalue weighted by Gasteiger charge is 2.52. The molecule has 20 heavy (non-hydrogen) atoms. The SMILES string of the molecule is Cc1nn(CC(NC2CC2)(C(N)=O)C2CC2)c(C)c1Cl. The second-order valence-corrected chi connectivity index (χ2v) is 6.55. The first-order chi connectivity index (χ1) is 9.44. The summed E-state index contributed by atoms with van der Waals surface area (Å²) in [7, 11) is 0. The van der Waals surface area contributed by atoms with E-state index in [9.17, 15) is 4.79 Å². The maximum atomic E-state index is 12.2. The molecule has 5 nitrogen and oxygen atoms in total. The van der Waals surface area contributed by atoms with Crippen LogP contribution in [0.2, 0.25) is 5.02 Å². The van der Waals surface area contributed by atoms with Gasteiger partial charge in [0.25, 0.3) is 0 Å². The molecule has 3 rings (SSSR count). The van der Waals surface area contributed by atoms with Crippen molar-refractivity contribution in [1.29, 1.82) is 0 Å². The quantitative estimate of drug-likeness (QED) is 0.836. The molecule has 2 fully saturated rings. The van der Waals surface area contributed by atoms with Crippen molar-refractivity contribution < 1.29 is 4.79 Å². The van der Waals surface area contributed by atoms with Gasteiger partial charge in [-0.05, 0) is 45.4 Å². The molecule has 1 amide bonds. The number of rotatable bonds is 6. The van der Waals surface area contributed by atoms with Crippen LogP contribution in [0.4, 0.5) is 0 Å². The topological polar surface area (TPSA) is 72.9 Å². The average molecular weight is 297 g/mol. The Labute approximate surface area is 123 Å². The minimum atomic E-state index is -0.673. The van der Waals surface area contributed by atoms with Gasteiger partial charge in [0.15, 0.2) is 0 Å². The normalized spacial score (nSPS) is 21.8. The number of aromatic nitrogens is 2. The van der Waals surface area contributed by atoms with Crippen LogP contribution in [-0.4, -0.2) is 27.3 Å². The largest absolute Gasteiger partial charge is 0.368 e. The van der Waals surface area contributed by atoms with Crippen molar-refractivity contribution >= 4 is 17.5 Å². The second-order valence-electron chi connectivity index (χ2n) is 6.17. The van der Waals surface area contributed by atoms with E-state index in [2.05, 4.69) is 10.4 Å². The fourth-order valence-corrected chi connectivity index (χ4v) is 3.01. The van der Waals surface area contributed by atoms with Gasteiger partial charge in [0.1, 0.15) is 5.54 Å². The summed E-state index contributed by atoms with van der Waals surface area (Å²) in [5.41, 5.74) is 6.78. The van der Waals surface area contributed by atoms with Gasteiger partial charge in [-0.15, -0.1) is 0 Å². The molecule has 3 N–H and O–H groups in total. The van der Waals surface area contributed by atoms with Crippen LogP contribution in [0, 0.1) is 19.8 Å². The van der Waals surface area contributed by atoms with Crippen molar-refractivity contribution in [1.82, 2.24) is 15.1 Å². The Morgan fingerprint density at radius 2 is 2.10 bits per heavy atom.